The van der Waals surface area contributed by atoms with Crippen LogP contribution in [-0.2, 0) is 27.5 Å². The molecule has 0 aliphatic heterocycles. The molecule has 0 amide bonds. The van der Waals surface area contributed by atoms with Gasteiger partial charge in [0.25, 0.3) is 0 Å². The highest BCUT2D eigenvalue weighted by Gasteiger charge is 2.30. The van der Waals surface area contributed by atoms with E-state index < -0.39 is 22.1 Å². The van der Waals surface area contributed by atoms with E-state index in [-0.39, 0.29) is 0 Å². The van der Waals surface area contributed by atoms with Gasteiger partial charge < -0.3 is 0 Å². The van der Waals surface area contributed by atoms with E-state index in [4.69, 9.17) is 0 Å². The number of hydrogen-bond donors (Lipinski definition) is 0. The monoisotopic (exact) mass is 230 g/mol. The van der Waals surface area contributed by atoms with Gasteiger partial charge in [-0.15, -0.1) is 4.67 Å². The first-order valence-electron chi connectivity index (χ1n) is 3.37. The van der Waals surface area contributed by atoms with Crippen LogP contribution in [0.15, 0.2) is 0 Å². The summed E-state index contributed by atoms with van der Waals surface area (Å²) in [5, 5.41) is 0. The van der Waals surface area contributed by atoms with E-state index in [0.29, 0.717) is 0 Å². The van der Waals surface area contributed by atoms with Crippen LogP contribution in [0.25, 0.3) is 0 Å². The fourth-order valence-electron chi connectivity index (χ4n) is 0.276. The molecule has 1 atom stereocenters. The molecule has 0 aromatic carbocycles. The molecule has 0 fully saturated rings. The van der Waals surface area contributed by atoms with E-state index in [1.165, 1.54) is 0 Å². The predicted molar refractivity (Wildman–Crippen MR) is 45.2 cm³/mol. The molecule has 13 heavy (non-hydrogen) atoms. The van der Waals surface area contributed by atoms with Gasteiger partial charge in [0, 0.05) is 7.11 Å². The minimum atomic E-state index is -3.84. The molecule has 1 unspecified atom stereocenters. The van der Waals surface area contributed by atoms with Gasteiger partial charge >= 0.3 is 16.5 Å². The molecule has 0 aliphatic carbocycles. The van der Waals surface area contributed by atoms with E-state index in [0.717, 1.165) is 7.11 Å². The molecule has 6 nitrogen and oxygen atoms in total. The van der Waals surface area contributed by atoms with Crippen molar-refractivity contribution in [2.75, 3.05) is 7.11 Å². The first-order chi connectivity index (χ1) is 5.83. The van der Waals surface area contributed by atoms with Crippen molar-refractivity contribution < 1.29 is 27.5 Å². The largest absolute Gasteiger partial charge is 0.512 e. The number of hydrogen-bond acceptors (Lipinski definition) is 6. The van der Waals surface area contributed by atoms with Crippen molar-refractivity contribution in [3.8, 4) is 0 Å². The van der Waals surface area contributed by atoms with Gasteiger partial charge in [-0.05, 0) is 20.8 Å². The number of phosphoric acid groups is 1. The van der Waals surface area contributed by atoms with Gasteiger partial charge in [-0.3, -0.25) is 4.52 Å². The first-order valence-corrected chi connectivity index (χ1v) is 5.57. The van der Waals surface area contributed by atoms with E-state index >= 15 is 0 Å². The SMILES string of the molecule is COP(=O)(OOC(C)(C)C)OP=O. The van der Waals surface area contributed by atoms with Gasteiger partial charge in [0.1, 0.15) is 0 Å². The second-order valence-corrected chi connectivity index (χ2v) is 5.27. The minimum Gasteiger partial charge on any atom is -0.288 e. The van der Waals surface area contributed by atoms with Crippen LogP contribution in [0.3, 0.4) is 0 Å². The fourth-order valence-corrected chi connectivity index (χ4v) is 1.35. The highest BCUT2D eigenvalue weighted by atomic mass is 31.2. The minimum absolute atomic E-state index is 0.655. The van der Waals surface area contributed by atoms with E-state index in [2.05, 4.69) is 18.4 Å². The summed E-state index contributed by atoms with van der Waals surface area (Å²) in [5.74, 6) is 0. The average Bonchev–Trinajstić information content (AvgIpc) is 2.01. The van der Waals surface area contributed by atoms with Gasteiger partial charge in [-0.2, -0.15) is 4.31 Å². The first kappa shape index (κ1) is 13.2. The zero-order valence-electron chi connectivity index (χ0n) is 7.84. The molecular formula is C5H12O6P2. The predicted octanol–water partition coefficient (Wildman–Crippen LogP) is 2.71. The molecule has 8 heteroatoms. The second-order valence-electron chi connectivity index (χ2n) is 3.06. The van der Waals surface area contributed by atoms with E-state index in [1.807, 2.05) is 0 Å². The summed E-state index contributed by atoms with van der Waals surface area (Å²) >= 11 is 0. The van der Waals surface area contributed by atoms with Crippen LogP contribution in [0.2, 0.25) is 0 Å². The van der Waals surface area contributed by atoms with E-state index in [1.54, 1.807) is 20.8 Å². The Bertz CT molecular complexity index is 210. The Morgan fingerprint density at radius 3 is 2.15 bits per heavy atom. The molecule has 0 saturated heterocycles. The van der Waals surface area contributed by atoms with Crippen molar-refractivity contribution in [1.29, 1.82) is 0 Å². The van der Waals surface area contributed by atoms with Crippen LogP contribution in [0.5, 0.6) is 0 Å². The summed E-state index contributed by atoms with van der Waals surface area (Å²) in [6.45, 7) is 5.05. The number of rotatable bonds is 5. The lowest BCUT2D eigenvalue weighted by Gasteiger charge is -2.19. The van der Waals surface area contributed by atoms with Gasteiger partial charge in [0.2, 0.25) is 0 Å². The Morgan fingerprint density at radius 1 is 1.31 bits per heavy atom. The normalized spacial score (nSPS) is 17.2. The summed E-state index contributed by atoms with van der Waals surface area (Å²) < 4.78 is 34.1. The highest BCUT2D eigenvalue weighted by Crippen LogP contribution is 2.52. The molecule has 0 bridgehead atoms. The molecular weight excluding hydrogens is 218 g/mol. The fraction of sp³-hybridized carbons (Fsp3) is 1.00. The van der Waals surface area contributed by atoms with E-state index in [9.17, 15) is 9.13 Å². The van der Waals surface area contributed by atoms with Crippen molar-refractivity contribution in [1.82, 2.24) is 0 Å². The summed E-state index contributed by atoms with van der Waals surface area (Å²) in [7, 11) is -3.55. The van der Waals surface area contributed by atoms with Gasteiger partial charge in [0.05, 0.1) is 5.60 Å². The van der Waals surface area contributed by atoms with Crippen LogP contribution in [0.4, 0.5) is 0 Å². The molecule has 0 aliphatic rings. The molecule has 0 aromatic heterocycles. The Labute approximate surface area is 78.3 Å². The molecule has 0 heterocycles. The molecule has 78 valence electrons. The van der Waals surface area contributed by atoms with Gasteiger partial charge in [0.15, 0.2) is 0 Å². The summed E-state index contributed by atoms with van der Waals surface area (Å²) in [5.41, 5.74) is -0.655. The van der Waals surface area contributed by atoms with Crippen molar-refractivity contribution in [3.63, 3.8) is 0 Å². The third kappa shape index (κ3) is 6.27. The van der Waals surface area contributed by atoms with Gasteiger partial charge in [-0.25, -0.2) is 14.0 Å². The average molecular weight is 230 g/mol. The third-order valence-electron chi connectivity index (χ3n) is 0.735. The van der Waals surface area contributed by atoms with Crippen molar-refractivity contribution in [3.05, 3.63) is 0 Å². The molecule has 0 radical (unpaired) electrons. The third-order valence-corrected chi connectivity index (χ3v) is 2.51. The quantitative estimate of drug-likeness (QED) is 0.410. The second kappa shape index (κ2) is 5.15. The Morgan fingerprint density at radius 2 is 1.85 bits per heavy atom. The smallest absolute Gasteiger partial charge is 0.288 e. The van der Waals surface area contributed by atoms with Crippen molar-refractivity contribution >= 4 is 16.5 Å². The summed E-state index contributed by atoms with van der Waals surface area (Å²) in [6, 6.07) is 0. The summed E-state index contributed by atoms with van der Waals surface area (Å²) in [6.07, 6.45) is 0. The zero-order chi connectivity index (χ0) is 10.5. The lowest BCUT2D eigenvalue weighted by molar-refractivity contribution is -0.286. The topological polar surface area (TPSA) is 71.1 Å². The maximum absolute atomic E-state index is 11.2. The van der Waals surface area contributed by atoms with Crippen LogP contribution < -0.4 is 0 Å². The lowest BCUT2D eigenvalue weighted by atomic mass is 10.2. The zero-order valence-corrected chi connectivity index (χ0v) is 9.63. The standard InChI is InChI=1S/C5H12O6P2/c1-5(2,3)9-10-13(7,8-4)11-12-6/h1-4H3. The summed E-state index contributed by atoms with van der Waals surface area (Å²) in [4.78, 5) is 4.68. The van der Waals surface area contributed by atoms with Crippen LogP contribution in [-0.4, -0.2) is 12.7 Å². The molecule has 0 rings (SSSR count). The van der Waals surface area contributed by atoms with Gasteiger partial charge in [-0.1, -0.05) is 0 Å². The van der Waals surface area contributed by atoms with Crippen molar-refractivity contribution in [2.24, 2.45) is 0 Å². The molecule has 0 spiro atoms. The Kier molecular flexibility index (Phi) is 5.22. The van der Waals surface area contributed by atoms with Crippen LogP contribution in [0, 0.1) is 0 Å². The molecule has 0 N–H and O–H groups in total. The Hall–Kier alpha value is 0.170. The maximum atomic E-state index is 11.2. The van der Waals surface area contributed by atoms with Crippen molar-refractivity contribution in [2.45, 2.75) is 26.4 Å². The van der Waals surface area contributed by atoms with Crippen LogP contribution >= 0.6 is 16.5 Å². The lowest BCUT2D eigenvalue weighted by Crippen LogP contribution is -2.18. The molecule has 0 aromatic rings. The molecule has 0 saturated carbocycles. The highest BCUT2D eigenvalue weighted by molar-refractivity contribution is 7.53. The Balaban J connectivity index is 4.13. The van der Waals surface area contributed by atoms with Crippen LogP contribution in [0.1, 0.15) is 20.8 Å². The maximum Gasteiger partial charge on any atom is 0.512 e.